The number of ketones is 1. The van der Waals surface area contributed by atoms with Crippen LogP contribution in [0.25, 0.3) is 11.0 Å². The Morgan fingerprint density at radius 1 is 1.23 bits per heavy atom. The Bertz CT molecular complexity index is 966. The maximum atomic E-state index is 12.4. The highest BCUT2D eigenvalue weighted by Gasteiger charge is 2.11. The molecule has 2 aromatic heterocycles. The van der Waals surface area contributed by atoms with Crippen LogP contribution in [0.4, 0.5) is 0 Å². The minimum Gasteiger partial charge on any atom is -0.491 e. The van der Waals surface area contributed by atoms with Crippen LogP contribution in [-0.4, -0.2) is 38.1 Å². The Balaban J connectivity index is 1.62. The van der Waals surface area contributed by atoms with E-state index in [2.05, 4.69) is 9.97 Å². The van der Waals surface area contributed by atoms with Crippen molar-refractivity contribution in [2.24, 2.45) is 0 Å². The van der Waals surface area contributed by atoms with Gasteiger partial charge in [0.25, 0.3) is 5.56 Å². The lowest BCUT2D eigenvalue weighted by Crippen LogP contribution is -2.30. The number of Topliss-reactive ketones (excluding diaryl/α,β-unsaturated/α-hetero) is 1. The maximum absolute atomic E-state index is 12.4. The van der Waals surface area contributed by atoms with Gasteiger partial charge in [0, 0.05) is 18.2 Å². The van der Waals surface area contributed by atoms with Gasteiger partial charge in [0.2, 0.25) is 0 Å². The number of carbonyl (C=O) groups excluding carboxylic acids is 1. The predicted octanol–water partition coefficient (Wildman–Crippen LogP) is 1.82. The zero-order chi connectivity index (χ0) is 18.5. The number of hydrogen-bond donors (Lipinski definition) is 1. The fourth-order valence-electron chi connectivity index (χ4n) is 2.54. The number of pyridine rings is 1. The molecule has 7 nitrogen and oxygen atoms in total. The molecule has 0 radical (unpaired) electrons. The van der Waals surface area contributed by atoms with Crippen molar-refractivity contribution in [2.45, 2.75) is 26.0 Å². The Kier molecular flexibility index (Phi) is 5.38. The van der Waals surface area contributed by atoms with Gasteiger partial charge in [0.1, 0.15) is 24.8 Å². The van der Waals surface area contributed by atoms with E-state index >= 15 is 0 Å². The number of ether oxygens (including phenoxy) is 1. The number of rotatable bonds is 7. The van der Waals surface area contributed by atoms with Gasteiger partial charge in [-0.1, -0.05) is 6.92 Å². The molecule has 26 heavy (non-hydrogen) atoms. The molecule has 134 valence electrons. The van der Waals surface area contributed by atoms with Gasteiger partial charge in [-0.05, 0) is 36.4 Å². The van der Waals surface area contributed by atoms with Crippen LogP contribution < -0.4 is 10.3 Å². The van der Waals surface area contributed by atoms with Crippen molar-refractivity contribution in [3.8, 4) is 5.75 Å². The predicted molar refractivity (Wildman–Crippen MR) is 96.4 cm³/mol. The molecule has 0 saturated carbocycles. The summed E-state index contributed by atoms with van der Waals surface area (Å²) in [6.07, 6.45) is 2.50. The first kappa shape index (κ1) is 17.8. The maximum Gasteiger partial charge on any atom is 0.262 e. The lowest BCUT2D eigenvalue weighted by atomic mass is 10.1. The second-order valence-corrected chi connectivity index (χ2v) is 5.84. The van der Waals surface area contributed by atoms with E-state index in [0.29, 0.717) is 28.8 Å². The minimum absolute atomic E-state index is 0.0125. The molecule has 3 rings (SSSR count). The van der Waals surface area contributed by atoms with Crippen LogP contribution in [0, 0.1) is 0 Å². The van der Waals surface area contributed by atoms with Crippen molar-refractivity contribution >= 4 is 16.8 Å². The average molecular weight is 353 g/mol. The molecule has 7 heteroatoms. The van der Waals surface area contributed by atoms with Gasteiger partial charge in [0.15, 0.2) is 11.4 Å². The fourth-order valence-corrected chi connectivity index (χ4v) is 2.54. The number of aliphatic hydroxyl groups excluding tert-OH is 1. The van der Waals surface area contributed by atoms with Crippen molar-refractivity contribution in [1.82, 2.24) is 14.5 Å². The Morgan fingerprint density at radius 3 is 2.73 bits per heavy atom. The molecular formula is C19H19N3O4. The standard InChI is InChI=1S/C19H19N3O4/c1-2-17(24)13-5-7-15(8-6-13)26-11-14(23)10-22-12-21-18-16(19(22)25)4-3-9-20-18/h3-9,12,14,23H,2,10-11H2,1H3/t14-/m1/s1. The summed E-state index contributed by atoms with van der Waals surface area (Å²) in [5.74, 6) is 0.610. The molecule has 0 aliphatic heterocycles. The number of nitrogens with zero attached hydrogens (tertiary/aromatic N) is 3. The van der Waals surface area contributed by atoms with Gasteiger partial charge in [-0.15, -0.1) is 0 Å². The molecule has 0 saturated heterocycles. The topological polar surface area (TPSA) is 94.3 Å². The number of aromatic nitrogens is 3. The molecule has 1 atom stereocenters. The van der Waals surface area contributed by atoms with Crippen molar-refractivity contribution in [3.63, 3.8) is 0 Å². The first-order chi connectivity index (χ1) is 12.6. The number of fused-ring (bicyclic) bond motifs is 1. The average Bonchev–Trinajstić information content (AvgIpc) is 2.68. The summed E-state index contributed by atoms with van der Waals surface area (Å²) >= 11 is 0. The number of hydrogen-bond acceptors (Lipinski definition) is 6. The van der Waals surface area contributed by atoms with E-state index < -0.39 is 6.10 Å². The highest BCUT2D eigenvalue weighted by atomic mass is 16.5. The summed E-state index contributed by atoms with van der Waals surface area (Å²) < 4.78 is 6.86. The van der Waals surface area contributed by atoms with E-state index in [9.17, 15) is 14.7 Å². The van der Waals surface area contributed by atoms with Gasteiger partial charge < -0.3 is 9.84 Å². The molecule has 0 unspecified atom stereocenters. The SMILES string of the molecule is CCC(=O)c1ccc(OC[C@H](O)Cn2cnc3ncccc3c2=O)cc1. The van der Waals surface area contributed by atoms with E-state index in [4.69, 9.17) is 4.74 Å². The highest BCUT2D eigenvalue weighted by molar-refractivity contribution is 5.95. The van der Waals surface area contributed by atoms with Crippen LogP contribution >= 0.6 is 0 Å². The normalized spacial score (nSPS) is 12.1. The lowest BCUT2D eigenvalue weighted by Gasteiger charge is -2.14. The molecule has 0 aliphatic rings. The molecule has 0 amide bonds. The van der Waals surface area contributed by atoms with Crippen LogP contribution in [0.15, 0.2) is 53.7 Å². The van der Waals surface area contributed by atoms with E-state index in [1.165, 1.54) is 10.9 Å². The summed E-state index contributed by atoms with van der Waals surface area (Å²) in [5.41, 5.74) is 0.744. The number of aliphatic hydroxyl groups is 1. The minimum atomic E-state index is -0.888. The Hall–Kier alpha value is -3.06. The fraction of sp³-hybridized carbons (Fsp3) is 0.263. The molecular weight excluding hydrogens is 334 g/mol. The smallest absolute Gasteiger partial charge is 0.262 e. The largest absolute Gasteiger partial charge is 0.491 e. The van der Waals surface area contributed by atoms with Gasteiger partial charge in [-0.2, -0.15) is 0 Å². The second kappa shape index (κ2) is 7.88. The van der Waals surface area contributed by atoms with Crippen molar-refractivity contribution in [2.75, 3.05) is 6.61 Å². The zero-order valence-electron chi connectivity index (χ0n) is 14.3. The van der Waals surface area contributed by atoms with Crippen LogP contribution in [-0.2, 0) is 6.54 Å². The Morgan fingerprint density at radius 2 is 2.00 bits per heavy atom. The number of carbonyl (C=O) groups is 1. The molecule has 0 fully saturated rings. The van der Waals surface area contributed by atoms with Gasteiger partial charge >= 0.3 is 0 Å². The van der Waals surface area contributed by atoms with Crippen LogP contribution in [0.5, 0.6) is 5.75 Å². The van der Waals surface area contributed by atoms with Crippen molar-refractivity contribution in [3.05, 3.63) is 64.8 Å². The molecule has 2 heterocycles. The quantitative estimate of drug-likeness (QED) is 0.651. The van der Waals surface area contributed by atoms with Crippen LogP contribution in [0.1, 0.15) is 23.7 Å². The number of benzene rings is 1. The molecule has 0 spiro atoms. The highest BCUT2D eigenvalue weighted by Crippen LogP contribution is 2.14. The van der Waals surface area contributed by atoms with E-state index in [1.807, 2.05) is 6.92 Å². The van der Waals surface area contributed by atoms with Gasteiger partial charge in [0.05, 0.1) is 11.9 Å². The van der Waals surface area contributed by atoms with E-state index in [1.54, 1.807) is 42.6 Å². The molecule has 0 bridgehead atoms. The van der Waals surface area contributed by atoms with Crippen molar-refractivity contribution < 1.29 is 14.6 Å². The van der Waals surface area contributed by atoms with Crippen LogP contribution in [0.2, 0.25) is 0 Å². The molecule has 1 N–H and O–H groups in total. The first-order valence-electron chi connectivity index (χ1n) is 8.32. The summed E-state index contributed by atoms with van der Waals surface area (Å²) in [4.78, 5) is 32.1. The summed E-state index contributed by atoms with van der Waals surface area (Å²) in [5, 5.41) is 10.6. The molecule has 1 aromatic carbocycles. The zero-order valence-corrected chi connectivity index (χ0v) is 14.3. The first-order valence-corrected chi connectivity index (χ1v) is 8.32. The summed E-state index contributed by atoms with van der Waals surface area (Å²) in [6.45, 7) is 1.88. The third kappa shape index (κ3) is 3.94. The second-order valence-electron chi connectivity index (χ2n) is 5.84. The monoisotopic (exact) mass is 353 g/mol. The van der Waals surface area contributed by atoms with Gasteiger partial charge in [-0.25, -0.2) is 9.97 Å². The van der Waals surface area contributed by atoms with E-state index in [0.717, 1.165) is 0 Å². The van der Waals surface area contributed by atoms with Crippen molar-refractivity contribution in [1.29, 1.82) is 0 Å². The Labute approximate surface area is 149 Å². The molecule has 0 aliphatic carbocycles. The third-order valence-corrected chi connectivity index (χ3v) is 3.94. The summed E-state index contributed by atoms with van der Waals surface area (Å²) in [7, 11) is 0. The van der Waals surface area contributed by atoms with Crippen LogP contribution in [0.3, 0.4) is 0 Å². The third-order valence-electron chi connectivity index (χ3n) is 3.94. The summed E-state index contributed by atoms with van der Waals surface area (Å²) in [6, 6.07) is 10.1. The van der Waals surface area contributed by atoms with Gasteiger partial charge in [-0.3, -0.25) is 14.2 Å². The lowest BCUT2D eigenvalue weighted by molar-refractivity contribution is 0.0913. The van der Waals surface area contributed by atoms with E-state index in [-0.39, 0.29) is 24.5 Å². The molecule has 3 aromatic rings.